The number of likely N-dealkylation sites (N-methyl/N-ethyl adjacent to an activating group) is 1. The van der Waals surface area contributed by atoms with E-state index in [9.17, 15) is 4.79 Å². The van der Waals surface area contributed by atoms with Crippen LogP contribution in [0.3, 0.4) is 0 Å². The average Bonchev–Trinajstić information content (AvgIpc) is 2.83. The molecule has 0 N–H and O–H groups in total. The summed E-state index contributed by atoms with van der Waals surface area (Å²) in [6.45, 7) is 0.507. The SMILES string of the molecule is CN1C(=O)/C(=C\c2cc(I)c(OCc3ccc(Br)cc3)c(I)c2)SC1=S. The van der Waals surface area contributed by atoms with Crippen molar-refractivity contribution < 1.29 is 9.53 Å². The molecule has 0 spiro atoms. The van der Waals surface area contributed by atoms with E-state index in [-0.39, 0.29) is 5.91 Å². The van der Waals surface area contributed by atoms with Crippen molar-refractivity contribution in [2.24, 2.45) is 0 Å². The number of nitrogens with zero attached hydrogens (tertiary/aromatic N) is 1. The zero-order valence-corrected chi connectivity index (χ0v) is 21.0. The smallest absolute Gasteiger partial charge is 0.265 e. The predicted molar refractivity (Wildman–Crippen MR) is 131 cm³/mol. The summed E-state index contributed by atoms with van der Waals surface area (Å²) >= 11 is 14.5. The van der Waals surface area contributed by atoms with Gasteiger partial charge in [-0.05, 0) is 86.7 Å². The Hall–Kier alpha value is -0.170. The number of hydrogen-bond donors (Lipinski definition) is 0. The van der Waals surface area contributed by atoms with Crippen LogP contribution in [0.1, 0.15) is 11.1 Å². The van der Waals surface area contributed by atoms with Gasteiger partial charge in [0.2, 0.25) is 0 Å². The van der Waals surface area contributed by atoms with Crippen LogP contribution in [0, 0.1) is 7.14 Å². The summed E-state index contributed by atoms with van der Waals surface area (Å²) in [6, 6.07) is 12.1. The molecule has 1 heterocycles. The minimum atomic E-state index is -0.0550. The van der Waals surface area contributed by atoms with Crippen molar-refractivity contribution >= 4 is 101 Å². The van der Waals surface area contributed by atoms with E-state index in [1.807, 2.05) is 42.5 Å². The quantitative estimate of drug-likeness (QED) is 0.224. The first-order chi connectivity index (χ1) is 12.3. The van der Waals surface area contributed by atoms with E-state index in [4.69, 9.17) is 17.0 Å². The number of thioether (sulfide) groups is 1. The van der Waals surface area contributed by atoms with Gasteiger partial charge in [-0.2, -0.15) is 0 Å². The lowest BCUT2D eigenvalue weighted by Gasteiger charge is -2.12. The van der Waals surface area contributed by atoms with Crippen molar-refractivity contribution in [2.75, 3.05) is 7.05 Å². The van der Waals surface area contributed by atoms with Crippen LogP contribution in [0.25, 0.3) is 6.08 Å². The van der Waals surface area contributed by atoms with Gasteiger partial charge in [0.15, 0.2) is 0 Å². The summed E-state index contributed by atoms with van der Waals surface area (Å²) < 4.78 is 9.66. The van der Waals surface area contributed by atoms with Crippen LogP contribution in [0.4, 0.5) is 0 Å². The predicted octanol–water partition coefficient (Wildman–Crippen LogP) is 6.07. The number of carbonyl (C=O) groups excluding carboxylic acids is 1. The Morgan fingerprint density at radius 2 is 1.85 bits per heavy atom. The molecule has 3 rings (SSSR count). The fourth-order valence-electron chi connectivity index (χ4n) is 2.23. The van der Waals surface area contributed by atoms with Crippen LogP contribution in [0.5, 0.6) is 5.75 Å². The van der Waals surface area contributed by atoms with Crippen LogP contribution < -0.4 is 4.74 Å². The van der Waals surface area contributed by atoms with Crippen LogP contribution in [0.2, 0.25) is 0 Å². The number of thiocarbonyl (C=S) groups is 1. The highest BCUT2D eigenvalue weighted by molar-refractivity contribution is 14.1. The molecule has 1 aliphatic rings. The topological polar surface area (TPSA) is 29.5 Å². The lowest BCUT2D eigenvalue weighted by atomic mass is 10.2. The van der Waals surface area contributed by atoms with Gasteiger partial charge < -0.3 is 4.74 Å². The summed E-state index contributed by atoms with van der Waals surface area (Å²) in [5, 5.41) is 0. The minimum absolute atomic E-state index is 0.0550. The summed E-state index contributed by atoms with van der Waals surface area (Å²) in [4.78, 5) is 14.3. The Morgan fingerprint density at radius 3 is 2.38 bits per heavy atom. The molecule has 3 nitrogen and oxygen atoms in total. The van der Waals surface area contributed by atoms with Crippen molar-refractivity contribution in [3.8, 4) is 5.75 Å². The van der Waals surface area contributed by atoms with Crippen molar-refractivity contribution in [2.45, 2.75) is 6.61 Å². The highest BCUT2D eigenvalue weighted by Crippen LogP contribution is 2.34. The average molecular weight is 672 g/mol. The number of hydrogen-bond acceptors (Lipinski definition) is 4. The maximum absolute atomic E-state index is 12.2. The fraction of sp³-hybridized carbons (Fsp3) is 0.111. The molecule has 0 aromatic heterocycles. The Balaban J connectivity index is 1.79. The molecule has 2 aromatic carbocycles. The minimum Gasteiger partial charge on any atom is -0.487 e. The maximum Gasteiger partial charge on any atom is 0.265 e. The van der Waals surface area contributed by atoms with E-state index in [2.05, 4.69) is 61.1 Å². The van der Waals surface area contributed by atoms with E-state index < -0.39 is 0 Å². The molecule has 1 amide bonds. The Kier molecular flexibility index (Phi) is 7.03. The Morgan fingerprint density at radius 1 is 1.23 bits per heavy atom. The van der Waals surface area contributed by atoms with Crippen molar-refractivity contribution in [1.82, 2.24) is 4.90 Å². The van der Waals surface area contributed by atoms with Gasteiger partial charge >= 0.3 is 0 Å². The molecular weight excluding hydrogens is 660 g/mol. The second-order valence-electron chi connectivity index (χ2n) is 5.47. The van der Waals surface area contributed by atoms with Gasteiger partial charge in [0, 0.05) is 11.5 Å². The Labute approximate surface area is 197 Å². The Bertz CT molecular complexity index is 893. The molecule has 2 aromatic rings. The molecule has 0 radical (unpaired) electrons. The molecule has 0 unspecified atom stereocenters. The number of rotatable bonds is 4. The molecule has 1 saturated heterocycles. The molecule has 1 fully saturated rings. The first-order valence-corrected chi connectivity index (χ1v) is 11.6. The third-order valence-electron chi connectivity index (χ3n) is 3.60. The molecule has 0 saturated carbocycles. The van der Waals surface area contributed by atoms with Crippen LogP contribution in [-0.2, 0) is 11.4 Å². The second-order valence-corrected chi connectivity index (χ2v) is 10.4. The zero-order chi connectivity index (χ0) is 18.8. The largest absolute Gasteiger partial charge is 0.487 e. The lowest BCUT2D eigenvalue weighted by molar-refractivity contribution is -0.121. The molecule has 0 aliphatic carbocycles. The normalized spacial score (nSPS) is 15.8. The summed E-state index contributed by atoms with van der Waals surface area (Å²) in [6.07, 6.45) is 1.88. The molecule has 0 bridgehead atoms. The molecule has 134 valence electrons. The van der Waals surface area contributed by atoms with Gasteiger partial charge in [0.25, 0.3) is 5.91 Å². The van der Waals surface area contributed by atoms with Gasteiger partial charge in [0.05, 0.1) is 12.0 Å². The number of amides is 1. The van der Waals surface area contributed by atoms with Crippen LogP contribution in [0.15, 0.2) is 45.8 Å². The third kappa shape index (κ3) is 4.81. The van der Waals surface area contributed by atoms with Crippen LogP contribution >= 0.6 is 85.1 Å². The molecule has 1 aliphatic heterocycles. The van der Waals surface area contributed by atoms with Crippen LogP contribution in [-0.4, -0.2) is 22.2 Å². The van der Waals surface area contributed by atoms with Crippen molar-refractivity contribution in [1.29, 1.82) is 0 Å². The first kappa shape index (κ1) is 20.6. The molecular formula is C18H12BrI2NO2S2. The van der Waals surface area contributed by atoms with Gasteiger partial charge in [-0.15, -0.1) is 0 Å². The lowest BCUT2D eigenvalue weighted by Crippen LogP contribution is -2.22. The van der Waals surface area contributed by atoms with E-state index in [1.165, 1.54) is 16.7 Å². The van der Waals surface area contributed by atoms with Crippen molar-refractivity contribution in [3.05, 3.63) is 64.0 Å². The van der Waals surface area contributed by atoms with Crippen molar-refractivity contribution in [3.63, 3.8) is 0 Å². The van der Waals surface area contributed by atoms with Gasteiger partial charge in [-0.25, -0.2) is 0 Å². The number of ether oxygens (including phenoxy) is 1. The van der Waals surface area contributed by atoms with E-state index in [0.29, 0.717) is 15.8 Å². The summed E-state index contributed by atoms with van der Waals surface area (Å²) in [5.74, 6) is 0.801. The molecule has 8 heteroatoms. The van der Waals surface area contributed by atoms with E-state index >= 15 is 0 Å². The number of carbonyl (C=O) groups is 1. The van der Waals surface area contributed by atoms with Gasteiger partial charge in [-0.1, -0.05) is 52.0 Å². The third-order valence-corrected chi connectivity index (χ3v) is 7.22. The highest BCUT2D eigenvalue weighted by atomic mass is 127. The highest BCUT2D eigenvalue weighted by Gasteiger charge is 2.28. The molecule has 26 heavy (non-hydrogen) atoms. The summed E-state index contributed by atoms with van der Waals surface area (Å²) in [5.41, 5.74) is 2.07. The van der Waals surface area contributed by atoms with E-state index in [0.717, 1.165) is 28.5 Å². The monoisotopic (exact) mass is 671 g/mol. The standard InChI is InChI=1S/C18H12BrI2NO2S2/c1-22-17(23)15(26-18(22)25)8-11-6-13(20)16(14(21)7-11)24-9-10-2-4-12(19)5-3-10/h2-8H,9H2,1H3/b15-8+. The van der Waals surface area contributed by atoms with Gasteiger partial charge in [-0.3, -0.25) is 9.69 Å². The molecule has 0 atom stereocenters. The second kappa shape index (κ2) is 8.89. The number of halogens is 3. The van der Waals surface area contributed by atoms with Gasteiger partial charge in [0.1, 0.15) is 16.7 Å². The fourth-order valence-corrected chi connectivity index (χ4v) is 5.81. The maximum atomic E-state index is 12.2. The van der Waals surface area contributed by atoms with E-state index in [1.54, 1.807) is 7.05 Å². The zero-order valence-electron chi connectivity index (χ0n) is 13.5. The first-order valence-electron chi connectivity index (χ1n) is 7.43. The summed E-state index contributed by atoms with van der Waals surface area (Å²) in [7, 11) is 1.70. The number of benzene rings is 2.